The Balaban J connectivity index is 1.52. The van der Waals surface area contributed by atoms with E-state index in [2.05, 4.69) is 58.3 Å². The Morgan fingerprint density at radius 2 is 2.09 bits per heavy atom. The van der Waals surface area contributed by atoms with Crippen molar-refractivity contribution in [1.82, 2.24) is 14.5 Å². The Kier molecular flexibility index (Phi) is 6.03. The predicted octanol–water partition coefficient (Wildman–Crippen LogP) is 5.65. The number of allylic oxidation sites excluding steroid dienone is 1. The fraction of sp³-hybridized carbons (Fsp3) is 0.444. The van der Waals surface area contributed by atoms with Gasteiger partial charge in [-0.25, -0.2) is 0 Å². The quantitative estimate of drug-likeness (QED) is 0.370. The van der Waals surface area contributed by atoms with Crippen molar-refractivity contribution in [2.24, 2.45) is 0 Å². The molecule has 1 fully saturated rings. The molecular weight excluding hydrogens is 398 g/mol. The molecule has 5 nitrogen and oxygen atoms in total. The molecule has 0 aliphatic carbocycles. The third-order valence-electron chi connectivity index (χ3n) is 7.06. The highest BCUT2D eigenvalue weighted by Gasteiger charge is 2.35. The van der Waals surface area contributed by atoms with E-state index in [0.29, 0.717) is 19.1 Å². The number of nitrogens with zero attached hydrogens (tertiary/aromatic N) is 3. The van der Waals surface area contributed by atoms with Gasteiger partial charge >= 0.3 is 0 Å². The molecule has 4 heterocycles. The summed E-state index contributed by atoms with van der Waals surface area (Å²) in [5, 5.41) is 10.8. The minimum atomic E-state index is -0.0624. The summed E-state index contributed by atoms with van der Waals surface area (Å²) in [5.41, 5.74) is 6.82. The van der Waals surface area contributed by atoms with E-state index in [4.69, 9.17) is 4.74 Å². The van der Waals surface area contributed by atoms with Crippen LogP contribution in [0.2, 0.25) is 0 Å². The number of hydrogen-bond acceptors (Lipinski definition) is 4. The van der Waals surface area contributed by atoms with Crippen LogP contribution >= 0.6 is 0 Å². The van der Waals surface area contributed by atoms with Gasteiger partial charge in [-0.2, -0.15) is 0 Å². The van der Waals surface area contributed by atoms with Crippen molar-refractivity contribution in [1.29, 1.82) is 0 Å². The number of ether oxygens (including phenoxy) is 1. The molecule has 2 aromatic heterocycles. The molecule has 0 saturated carbocycles. The van der Waals surface area contributed by atoms with Crippen LogP contribution in [0.1, 0.15) is 60.2 Å². The molecule has 32 heavy (non-hydrogen) atoms. The maximum absolute atomic E-state index is 9.42. The van der Waals surface area contributed by atoms with Crippen LogP contribution in [0.5, 0.6) is 0 Å². The second-order valence-electron chi connectivity index (χ2n) is 9.25. The second kappa shape index (κ2) is 9.08. The summed E-state index contributed by atoms with van der Waals surface area (Å²) >= 11 is 0. The molecule has 2 unspecified atom stereocenters. The van der Waals surface area contributed by atoms with Gasteiger partial charge in [-0.1, -0.05) is 18.2 Å². The summed E-state index contributed by atoms with van der Waals surface area (Å²) in [7, 11) is 0. The fourth-order valence-electron chi connectivity index (χ4n) is 5.57. The highest BCUT2D eigenvalue weighted by atomic mass is 16.5. The van der Waals surface area contributed by atoms with Gasteiger partial charge in [0.2, 0.25) is 0 Å². The van der Waals surface area contributed by atoms with Crippen molar-refractivity contribution < 1.29 is 9.84 Å². The Morgan fingerprint density at radius 3 is 2.91 bits per heavy atom. The van der Waals surface area contributed by atoms with Crippen LogP contribution in [-0.2, 0) is 17.7 Å². The van der Waals surface area contributed by atoms with Gasteiger partial charge in [-0.15, -0.1) is 0 Å². The second-order valence-corrected chi connectivity index (χ2v) is 9.25. The number of pyridine rings is 1. The van der Waals surface area contributed by atoms with Gasteiger partial charge in [0.05, 0.1) is 12.3 Å². The van der Waals surface area contributed by atoms with Gasteiger partial charge < -0.3 is 14.4 Å². The zero-order valence-corrected chi connectivity index (χ0v) is 19.0. The van der Waals surface area contributed by atoms with Crippen LogP contribution in [0.3, 0.4) is 0 Å². The summed E-state index contributed by atoms with van der Waals surface area (Å²) in [4.78, 5) is 6.87. The third-order valence-corrected chi connectivity index (χ3v) is 7.06. The van der Waals surface area contributed by atoms with Gasteiger partial charge in [-0.05, 0) is 68.1 Å². The first kappa shape index (κ1) is 21.2. The SMILES string of the molecule is C=C(O)CCCOC(Cn1c2c(c3cc(C)ccc31)C1CCCN1CC2)c1ccncc1. The van der Waals surface area contributed by atoms with Gasteiger partial charge in [0.1, 0.15) is 6.10 Å². The molecule has 1 saturated heterocycles. The number of benzene rings is 1. The van der Waals surface area contributed by atoms with Gasteiger partial charge in [-0.3, -0.25) is 9.88 Å². The standard InChI is InChI=1S/C27H33N3O2/c1-19-7-8-23-22(17-19)27-24-6-3-14-29(24)15-11-25(27)30(23)18-26(21-9-12-28-13-10-21)32-16-4-5-20(2)31/h7-10,12-13,17,24,26,31H,2-6,11,14-16,18H2,1H3. The number of aromatic nitrogens is 2. The summed E-state index contributed by atoms with van der Waals surface area (Å²) in [6.45, 7) is 9.52. The van der Waals surface area contributed by atoms with E-state index in [1.165, 1.54) is 41.5 Å². The normalized spacial score (nSPS) is 19.1. The van der Waals surface area contributed by atoms with E-state index >= 15 is 0 Å². The van der Waals surface area contributed by atoms with Gasteiger partial charge in [0.15, 0.2) is 0 Å². The molecule has 1 aromatic carbocycles. The molecule has 0 spiro atoms. The molecule has 2 aliphatic heterocycles. The molecule has 0 bridgehead atoms. The highest BCUT2D eigenvalue weighted by molar-refractivity contribution is 5.87. The minimum absolute atomic E-state index is 0.0624. The largest absolute Gasteiger partial charge is 0.513 e. The van der Waals surface area contributed by atoms with Crippen LogP contribution in [0.25, 0.3) is 10.9 Å². The van der Waals surface area contributed by atoms with Gasteiger partial charge in [0, 0.05) is 61.0 Å². The van der Waals surface area contributed by atoms with Crippen LogP contribution in [0.4, 0.5) is 0 Å². The number of aryl methyl sites for hydroxylation is 1. The minimum Gasteiger partial charge on any atom is -0.513 e. The van der Waals surface area contributed by atoms with E-state index < -0.39 is 0 Å². The Morgan fingerprint density at radius 1 is 1.25 bits per heavy atom. The van der Waals surface area contributed by atoms with Crippen molar-refractivity contribution in [3.63, 3.8) is 0 Å². The molecular formula is C27H33N3O2. The first-order valence-corrected chi connectivity index (χ1v) is 11.9. The molecule has 0 amide bonds. The van der Waals surface area contributed by atoms with Gasteiger partial charge in [0.25, 0.3) is 0 Å². The average Bonchev–Trinajstić information content (AvgIpc) is 3.38. The van der Waals surface area contributed by atoms with E-state index in [0.717, 1.165) is 31.5 Å². The van der Waals surface area contributed by atoms with Crippen LogP contribution in [-0.4, -0.2) is 39.3 Å². The first-order chi connectivity index (χ1) is 15.6. The molecule has 1 N–H and O–H groups in total. The third kappa shape index (κ3) is 4.07. The maximum Gasteiger partial charge on any atom is 0.100 e. The monoisotopic (exact) mass is 431 g/mol. The van der Waals surface area contributed by atoms with Crippen LogP contribution in [0, 0.1) is 6.92 Å². The van der Waals surface area contributed by atoms with E-state index in [1.54, 1.807) is 5.56 Å². The molecule has 2 atom stereocenters. The lowest BCUT2D eigenvalue weighted by atomic mass is 9.95. The first-order valence-electron chi connectivity index (χ1n) is 11.9. The predicted molar refractivity (Wildman–Crippen MR) is 128 cm³/mol. The van der Waals surface area contributed by atoms with Crippen molar-refractivity contribution in [2.75, 3.05) is 19.7 Å². The lowest BCUT2D eigenvalue weighted by molar-refractivity contribution is 0.0381. The Hall–Kier alpha value is -2.63. The highest BCUT2D eigenvalue weighted by Crippen LogP contribution is 2.43. The zero-order valence-electron chi connectivity index (χ0n) is 19.0. The topological polar surface area (TPSA) is 50.5 Å². The number of aliphatic hydroxyl groups excluding tert-OH is 1. The smallest absolute Gasteiger partial charge is 0.100 e. The summed E-state index contributed by atoms with van der Waals surface area (Å²) in [5.74, 6) is 0.219. The van der Waals surface area contributed by atoms with E-state index in [9.17, 15) is 5.11 Å². The molecule has 2 aliphatic rings. The molecule has 0 radical (unpaired) electrons. The molecule has 5 heteroatoms. The summed E-state index contributed by atoms with van der Waals surface area (Å²) < 4.78 is 8.91. The molecule has 3 aromatic rings. The van der Waals surface area contributed by atoms with Crippen molar-refractivity contribution >= 4 is 10.9 Å². The zero-order chi connectivity index (χ0) is 22.1. The summed E-state index contributed by atoms with van der Waals surface area (Å²) in [6.07, 6.45) is 8.59. The lowest BCUT2D eigenvalue weighted by Crippen LogP contribution is -2.31. The molecule has 5 rings (SSSR count). The summed E-state index contributed by atoms with van der Waals surface area (Å²) in [6, 6.07) is 11.6. The molecule has 168 valence electrons. The van der Waals surface area contributed by atoms with E-state index in [-0.39, 0.29) is 11.9 Å². The van der Waals surface area contributed by atoms with Crippen molar-refractivity contribution in [3.05, 3.63) is 77.4 Å². The van der Waals surface area contributed by atoms with Crippen molar-refractivity contribution in [2.45, 2.75) is 57.7 Å². The lowest BCUT2D eigenvalue weighted by Gasteiger charge is -2.31. The average molecular weight is 432 g/mol. The number of rotatable bonds is 8. The maximum atomic E-state index is 9.42. The van der Waals surface area contributed by atoms with E-state index in [1.807, 2.05) is 12.4 Å². The number of fused-ring (bicyclic) bond motifs is 5. The Labute approximate surface area is 190 Å². The number of hydrogen-bond donors (Lipinski definition) is 1. The van der Waals surface area contributed by atoms with Crippen LogP contribution in [0.15, 0.2) is 55.1 Å². The van der Waals surface area contributed by atoms with Crippen molar-refractivity contribution in [3.8, 4) is 0 Å². The Bertz CT molecular complexity index is 1110. The van der Waals surface area contributed by atoms with Crippen LogP contribution < -0.4 is 0 Å². The fourth-order valence-corrected chi connectivity index (χ4v) is 5.57. The number of aliphatic hydroxyl groups is 1.